The number of ether oxygens (including phenoxy) is 2. The summed E-state index contributed by atoms with van der Waals surface area (Å²) in [5.74, 6) is 0.0831. The fraction of sp³-hybridized carbons (Fsp3) is 0.444. The maximum Gasteiger partial charge on any atom is 0.311 e. The van der Waals surface area contributed by atoms with Crippen molar-refractivity contribution in [2.45, 2.75) is 13.0 Å². The van der Waals surface area contributed by atoms with E-state index in [-0.39, 0.29) is 23.5 Å². The van der Waals surface area contributed by atoms with Gasteiger partial charge in [-0.2, -0.15) is 4.98 Å². The average Bonchev–Trinajstić information content (AvgIpc) is 2.17. The van der Waals surface area contributed by atoms with E-state index < -0.39 is 4.92 Å². The van der Waals surface area contributed by atoms with Gasteiger partial charge in [-0.05, 0) is 6.92 Å². The molecule has 1 unspecified atom stereocenters. The molecule has 16 heavy (non-hydrogen) atoms. The molecule has 0 amide bonds. The molecule has 2 N–H and O–H groups in total. The molecule has 7 heteroatoms. The molecular weight excluding hydrogens is 214 g/mol. The van der Waals surface area contributed by atoms with Crippen LogP contribution >= 0.6 is 0 Å². The Morgan fingerprint density at radius 1 is 1.62 bits per heavy atom. The predicted molar refractivity (Wildman–Crippen MR) is 57.3 cm³/mol. The topological polar surface area (TPSA) is 101 Å². The number of pyridine rings is 1. The van der Waals surface area contributed by atoms with Gasteiger partial charge in [-0.3, -0.25) is 10.1 Å². The first kappa shape index (κ1) is 12.2. The molecule has 0 aliphatic rings. The number of methoxy groups -OCH3 is 1. The zero-order chi connectivity index (χ0) is 12.1. The van der Waals surface area contributed by atoms with E-state index >= 15 is 0 Å². The number of hydrogen-bond donors (Lipinski definition) is 1. The van der Waals surface area contributed by atoms with E-state index in [0.717, 1.165) is 0 Å². The van der Waals surface area contributed by atoms with Crippen molar-refractivity contribution in [2.24, 2.45) is 0 Å². The predicted octanol–water partition coefficient (Wildman–Crippen LogP) is 0.986. The van der Waals surface area contributed by atoms with Crippen LogP contribution < -0.4 is 10.5 Å². The van der Waals surface area contributed by atoms with Gasteiger partial charge < -0.3 is 15.2 Å². The SMILES string of the molecule is COCC(C)Oc1ccc([N+](=O)[O-])c(N)n1. The molecule has 0 spiro atoms. The van der Waals surface area contributed by atoms with E-state index in [1.54, 1.807) is 14.0 Å². The fourth-order valence-corrected chi connectivity index (χ4v) is 1.14. The fourth-order valence-electron chi connectivity index (χ4n) is 1.14. The molecule has 0 saturated carbocycles. The molecule has 7 nitrogen and oxygen atoms in total. The number of anilines is 1. The van der Waals surface area contributed by atoms with Crippen molar-refractivity contribution < 1.29 is 14.4 Å². The van der Waals surface area contributed by atoms with Gasteiger partial charge in [0.15, 0.2) is 0 Å². The van der Waals surface area contributed by atoms with Gasteiger partial charge in [0.05, 0.1) is 11.5 Å². The Balaban J connectivity index is 2.77. The molecule has 1 rings (SSSR count). The van der Waals surface area contributed by atoms with Crippen molar-refractivity contribution in [1.29, 1.82) is 0 Å². The second-order valence-corrected chi connectivity index (χ2v) is 3.19. The summed E-state index contributed by atoms with van der Waals surface area (Å²) in [6, 6.07) is 2.66. The second kappa shape index (κ2) is 5.26. The van der Waals surface area contributed by atoms with Crippen LogP contribution in [0, 0.1) is 10.1 Å². The van der Waals surface area contributed by atoms with Crippen LogP contribution in [0.3, 0.4) is 0 Å². The van der Waals surface area contributed by atoms with Gasteiger partial charge in [0, 0.05) is 19.2 Å². The Kier molecular flexibility index (Phi) is 4.01. The van der Waals surface area contributed by atoms with Crippen molar-refractivity contribution >= 4 is 11.5 Å². The van der Waals surface area contributed by atoms with Crippen molar-refractivity contribution in [1.82, 2.24) is 4.98 Å². The van der Waals surface area contributed by atoms with Crippen LogP contribution in [0.4, 0.5) is 11.5 Å². The van der Waals surface area contributed by atoms with E-state index in [1.807, 2.05) is 0 Å². The Morgan fingerprint density at radius 3 is 2.81 bits per heavy atom. The highest BCUT2D eigenvalue weighted by atomic mass is 16.6. The second-order valence-electron chi connectivity index (χ2n) is 3.19. The van der Waals surface area contributed by atoms with E-state index in [2.05, 4.69) is 4.98 Å². The molecule has 0 saturated heterocycles. The van der Waals surface area contributed by atoms with Gasteiger partial charge in [0.2, 0.25) is 11.7 Å². The molecule has 0 bridgehead atoms. The lowest BCUT2D eigenvalue weighted by Crippen LogP contribution is -2.18. The van der Waals surface area contributed by atoms with Gasteiger partial charge in [0.1, 0.15) is 6.10 Å². The maximum absolute atomic E-state index is 10.5. The summed E-state index contributed by atoms with van der Waals surface area (Å²) in [5.41, 5.74) is 5.18. The first-order valence-electron chi connectivity index (χ1n) is 4.61. The number of nitrogen functional groups attached to an aromatic ring is 1. The van der Waals surface area contributed by atoms with E-state index in [0.29, 0.717) is 6.61 Å². The van der Waals surface area contributed by atoms with Crippen LogP contribution in [0.5, 0.6) is 5.88 Å². The van der Waals surface area contributed by atoms with Crippen molar-refractivity contribution in [3.63, 3.8) is 0 Å². The minimum atomic E-state index is -0.593. The maximum atomic E-state index is 10.5. The lowest BCUT2D eigenvalue weighted by Gasteiger charge is -2.12. The van der Waals surface area contributed by atoms with Crippen LogP contribution in [0.1, 0.15) is 6.92 Å². The summed E-state index contributed by atoms with van der Waals surface area (Å²) < 4.78 is 10.2. The van der Waals surface area contributed by atoms with Crippen LogP contribution in [0.25, 0.3) is 0 Å². The third-order valence-electron chi connectivity index (χ3n) is 1.80. The third kappa shape index (κ3) is 3.06. The lowest BCUT2D eigenvalue weighted by atomic mass is 10.4. The number of aromatic nitrogens is 1. The van der Waals surface area contributed by atoms with Gasteiger partial charge in [-0.25, -0.2) is 0 Å². The summed E-state index contributed by atoms with van der Waals surface area (Å²) in [4.78, 5) is 13.7. The summed E-state index contributed by atoms with van der Waals surface area (Å²) in [6.07, 6.45) is -0.196. The highest BCUT2D eigenvalue weighted by molar-refractivity contribution is 5.53. The first-order valence-corrected chi connectivity index (χ1v) is 4.61. The van der Waals surface area contributed by atoms with Gasteiger partial charge >= 0.3 is 5.69 Å². The standard InChI is InChI=1S/C9H13N3O4/c1-6(5-15-2)16-8-4-3-7(12(13)14)9(10)11-8/h3-4,6H,5H2,1-2H3,(H2,10,11). The van der Waals surface area contributed by atoms with E-state index in [9.17, 15) is 10.1 Å². The average molecular weight is 227 g/mol. The van der Waals surface area contributed by atoms with Gasteiger partial charge in [-0.1, -0.05) is 0 Å². The molecule has 0 radical (unpaired) electrons. The van der Waals surface area contributed by atoms with Crippen LogP contribution in [-0.4, -0.2) is 29.7 Å². The molecule has 88 valence electrons. The molecule has 0 aliphatic carbocycles. The van der Waals surface area contributed by atoms with Crippen LogP contribution in [0.2, 0.25) is 0 Å². The number of rotatable bonds is 5. The minimum absolute atomic E-state index is 0.160. The normalized spacial score (nSPS) is 12.1. The summed E-state index contributed by atoms with van der Waals surface area (Å²) >= 11 is 0. The molecule has 1 atom stereocenters. The van der Waals surface area contributed by atoms with Crippen LogP contribution in [0.15, 0.2) is 12.1 Å². The Morgan fingerprint density at radius 2 is 2.31 bits per heavy atom. The summed E-state index contributed by atoms with van der Waals surface area (Å²) in [5, 5.41) is 10.5. The molecule has 0 aliphatic heterocycles. The monoisotopic (exact) mass is 227 g/mol. The van der Waals surface area contributed by atoms with Gasteiger partial charge in [0.25, 0.3) is 0 Å². The number of nitro groups is 1. The van der Waals surface area contributed by atoms with E-state index in [1.165, 1.54) is 12.1 Å². The Bertz CT molecular complexity index is 383. The third-order valence-corrected chi connectivity index (χ3v) is 1.80. The molecule has 1 heterocycles. The lowest BCUT2D eigenvalue weighted by molar-refractivity contribution is -0.384. The van der Waals surface area contributed by atoms with Gasteiger partial charge in [-0.15, -0.1) is 0 Å². The molecular formula is C9H13N3O4. The Hall–Kier alpha value is -1.89. The minimum Gasteiger partial charge on any atom is -0.472 e. The molecule has 0 aromatic carbocycles. The number of hydrogen-bond acceptors (Lipinski definition) is 6. The van der Waals surface area contributed by atoms with Crippen molar-refractivity contribution in [3.8, 4) is 5.88 Å². The molecule has 0 fully saturated rings. The highest BCUT2D eigenvalue weighted by Gasteiger charge is 2.14. The summed E-state index contributed by atoms with van der Waals surface area (Å²) in [7, 11) is 1.55. The zero-order valence-electron chi connectivity index (χ0n) is 9.04. The zero-order valence-corrected chi connectivity index (χ0v) is 9.04. The Labute approximate surface area is 92.3 Å². The number of nitrogens with two attached hydrogens (primary N) is 1. The largest absolute Gasteiger partial charge is 0.472 e. The number of nitrogens with zero attached hydrogens (tertiary/aromatic N) is 2. The van der Waals surface area contributed by atoms with Crippen molar-refractivity contribution in [2.75, 3.05) is 19.5 Å². The van der Waals surface area contributed by atoms with Crippen molar-refractivity contribution in [3.05, 3.63) is 22.2 Å². The molecule has 1 aromatic rings. The first-order chi connectivity index (χ1) is 7.54. The quantitative estimate of drug-likeness (QED) is 0.594. The van der Waals surface area contributed by atoms with Crippen LogP contribution in [-0.2, 0) is 4.74 Å². The van der Waals surface area contributed by atoms with E-state index in [4.69, 9.17) is 15.2 Å². The summed E-state index contributed by atoms with van der Waals surface area (Å²) in [6.45, 7) is 2.20. The highest BCUT2D eigenvalue weighted by Crippen LogP contribution is 2.22. The smallest absolute Gasteiger partial charge is 0.311 e. The molecule has 1 aromatic heterocycles.